The van der Waals surface area contributed by atoms with Crippen molar-refractivity contribution in [3.63, 3.8) is 0 Å². The van der Waals surface area contributed by atoms with Crippen LogP contribution in [0.15, 0.2) is 203 Å². The van der Waals surface area contributed by atoms with E-state index >= 15 is 0 Å². The minimum absolute atomic E-state index is 0.606. The fourth-order valence-electron chi connectivity index (χ4n) is 7.97. The lowest BCUT2D eigenvalue weighted by Crippen LogP contribution is -2.11. The minimum Gasteiger partial charge on any atom is -0.456 e. The van der Waals surface area contributed by atoms with Crippen LogP contribution in [0.2, 0.25) is 0 Å². The van der Waals surface area contributed by atoms with E-state index in [1.54, 1.807) is 0 Å². The van der Waals surface area contributed by atoms with Crippen molar-refractivity contribution in [1.82, 2.24) is 4.98 Å². The zero-order valence-corrected chi connectivity index (χ0v) is 29.7. The van der Waals surface area contributed by atoms with E-state index in [9.17, 15) is 0 Å². The first-order valence-electron chi connectivity index (χ1n) is 18.5. The lowest BCUT2D eigenvalue weighted by Gasteiger charge is -2.28. The van der Waals surface area contributed by atoms with Gasteiger partial charge in [0.05, 0.1) is 5.69 Å². The van der Waals surface area contributed by atoms with Crippen molar-refractivity contribution < 1.29 is 8.83 Å². The average Bonchev–Trinajstić information content (AvgIpc) is 3.84. The lowest BCUT2D eigenvalue weighted by molar-refractivity contribution is 0.620. The van der Waals surface area contributed by atoms with Gasteiger partial charge in [-0.05, 0) is 98.9 Å². The Bertz CT molecular complexity index is 3200. The summed E-state index contributed by atoms with van der Waals surface area (Å²) in [5.74, 6) is 0.606. The number of nitrogens with zero attached hydrogens (tertiary/aromatic N) is 2. The first kappa shape index (κ1) is 31.1. The zero-order chi connectivity index (χ0) is 36.3. The van der Waals surface area contributed by atoms with Crippen LogP contribution < -0.4 is 4.90 Å². The van der Waals surface area contributed by atoms with E-state index in [-0.39, 0.29) is 0 Å². The molecule has 2 aromatic heterocycles. The maximum absolute atomic E-state index is 6.45. The van der Waals surface area contributed by atoms with Gasteiger partial charge in [0, 0.05) is 39.3 Å². The third-order valence-corrected chi connectivity index (χ3v) is 10.7. The number of hydrogen-bond acceptors (Lipinski definition) is 4. The van der Waals surface area contributed by atoms with Crippen LogP contribution in [0.25, 0.3) is 88.3 Å². The van der Waals surface area contributed by atoms with Gasteiger partial charge >= 0.3 is 0 Å². The topological polar surface area (TPSA) is 42.4 Å². The summed E-state index contributed by atoms with van der Waals surface area (Å²) < 4.78 is 12.6. The molecule has 258 valence electrons. The van der Waals surface area contributed by atoms with Gasteiger partial charge in [-0.3, -0.25) is 0 Å². The monoisotopic (exact) mass is 704 g/mol. The molecule has 0 aliphatic heterocycles. The van der Waals surface area contributed by atoms with Gasteiger partial charge in [0.25, 0.3) is 0 Å². The molecule has 0 spiro atoms. The van der Waals surface area contributed by atoms with Crippen LogP contribution in [0.4, 0.5) is 17.1 Å². The summed E-state index contributed by atoms with van der Waals surface area (Å²) >= 11 is 0. The molecule has 2 heterocycles. The molecule has 0 atom stereocenters. The van der Waals surface area contributed by atoms with E-state index in [4.69, 9.17) is 13.8 Å². The van der Waals surface area contributed by atoms with Crippen LogP contribution in [0.1, 0.15) is 0 Å². The average molecular weight is 705 g/mol. The van der Waals surface area contributed by atoms with Gasteiger partial charge < -0.3 is 13.7 Å². The predicted octanol–water partition coefficient (Wildman–Crippen LogP) is 14.5. The highest BCUT2D eigenvalue weighted by Crippen LogP contribution is 2.43. The van der Waals surface area contributed by atoms with Crippen molar-refractivity contribution in [3.8, 4) is 33.7 Å². The molecule has 4 heteroatoms. The van der Waals surface area contributed by atoms with Crippen LogP contribution in [0.5, 0.6) is 0 Å². The summed E-state index contributed by atoms with van der Waals surface area (Å²) in [6, 6.07) is 68.4. The molecule has 11 aromatic rings. The lowest BCUT2D eigenvalue weighted by atomic mass is 9.99. The van der Waals surface area contributed by atoms with E-state index in [2.05, 4.69) is 157 Å². The maximum Gasteiger partial charge on any atom is 0.227 e. The van der Waals surface area contributed by atoms with Crippen LogP contribution >= 0.6 is 0 Å². The molecule has 0 saturated carbocycles. The van der Waals surface area contributed by atoms with Gasteiger partial charge in [-0.25, -0.2) is 4.98 Å². The second kappa shape index (κ2) is 12.6. The number of oxazole rings is 1. The Morgan fingerprint density at radius 3 is 1.85 bits per heavy atom. The van der Waals surface area contributed by atoms with Crippen molar-refractivity contribution in [2.45, 2.75) is 0 Å². The maximum atomic E-state index is 6.45. The highest BCUT2D eigenvalue weighted by atomic mass is 16.4. The molecule has 0 unspecified atom stereocenters. The van der Waals surface area contributed by atoms with E-state index in [1.165, 1.54) is 32.7 Å². The van der Waals surface area contributed by atoms with Crippen molar-refractivity contribution in [2.24, 2.45) is 0 Å². The molecule has 0 radical (unpaired) electrons. The molecule has 0 saturated heterocycles. The molecule has 9 aromatic carbocycles. The van der Waals surface area contributed by atoms with E-state index < -0.39 is 0 Å². The molecular formula is C51H32N2O2. The molecule has 0 aliphatic rings. The quantitative estimate of drug-likeness (QED) is 0.162. The van der Waals surface area contributed by atoms with Gasteiger partial charge in [0.1, 0.15) is 16.7 Å². The number of furan rings is 1. The number of hydrogen-bond donors (Lipinski definition) is 0. The number of benzene rings is 9. The third kappa shape index (κ3) is 5.34. The Hall–Kier alpha value is -7.43. The summed E-state index contributed by atoms with van der Waals surface area (Å²) in [7, 11) is 0. The van der Waals surface area contributed by atoms with Crippen LogP contribution in [0.3, 0.4) is 0 Å². The molecule has 0 amide bonds. The minimum atomic E-state index is 0.606. The summed E-state index contributed by atoms with van der Waals surface area (Å²) in [5, 5.41) is 6.98. The van der Waals surface area contributed by atoms with E-state index in [1.807, 2.05) is 42.5 Å². The second-order valence-electron chi connectivity index (χ2n) is 14.0. The predicted molar refractivity (Wildman–Crippen MR) is 227 cm³/mol. The molecule has 11 rings (SSSR count). The Labute approximate surface area is 317 Å². The molecule has 55 heavy (non-hydrogen) atoms. The highest BCUT2D eigenvalue weighted by molar-refractivity contribution is 6.10. The standard InChI is InChI=1S/C51H32N2O2/c1-3-11-34(12-4-1)42-17-9-10-18-47(42)53(40-27-23-36-20-19-35-13-7-8-16-41(35)44(36)30-40)39-25-21-33(22-26-39)38-24-28-43-45-31-50-46(32-49(45)54-48(43)29-38)52-51(55-50)37-14-5-2-6-15-37/h1-32H. The first-order chi connectivity index (χ1) is 27.2. The smallest absolute Gasteiger partial charge is 0.227 e. The van der Waals surface area contributed by atoms with Crippen molar-refractivity contribution in [1.29, 1.82) is 0 Å². The van der Waals surface area contributed by atoms with Crippen LogP contribution in [0, 0.1) is 0 Å². The molecule has 0 bridgehead atoms. The SMILES string of the molecule is c1ccc(-c2nc3cc4oc5cc(-c6ccc(N(c7ccc8ccc9ccccc9c8c7)c7ccccc7-c7ccccc7)cc6)ccc5c4cc3o2)cc1. The number of anilines is 3. The van der Waals surface area contributed by atoms with Gasteiger partial charge in [-0.1, -0.05) is 127 Å². The van der Waals surface area contributed by atoms with Crippen LogP contribution in [-0.2, 0) is 0 Å². The van der Waals surface area contributed by atoms with Gasteiger partial charge in [0.2, 0.25) is 5.89 Å². The zero-order valence-electron chi connectivity index (χ0n) is 29.7. The number of fused-ring (bicyclic) bond motifs is 7. The van der Waals surface area contributed by atoms with E-state index in [0.717, 1.165) is 66.8 Å². The second-order valence-corrected chi connectivity index (χ2v) is 14.0. The summed E-state index contributed by atoms with van der Waals surface area (Å²) in [4.78, 5) is 7.13. The number of para-hydroxylation sites is 1. The van der Waals surface area contributed by atoms with Gasteiger partial charge in [-0.2, -0.15) is 0 Å². The largest absolute Gasteiger partial charge is 0.456 e. The Balaban J connectivity index is 1.00. The fraction of sp³-hybridized carbons (Fsp3) is 0. The van der Waals surface area contributed by atoms with Gasteiger partial charge in [-0.15, -0.1) is 0 Å². The van der Waals surface area contributed by atoms with E-state index in [0.29, 0.717) is 5.89 Å². The van der Waals surface area contributed by atoms with Crippen molar-refractivity contribution in [2.75, 3.05) is 4.90 Å². The fourth-order valence-corrected chi connectivity index (χ4v) is 7.97. The summed E-state index contributed by atoms with van der Waals surface area (Å²) in [5.41, 5.74) is 11.9. The van der Waals surface area contributed by atoms with Gasteiger partial charge in [0.15, 0.2) is 5.58 Å². The molecular weight excluding hydrogens is 673 g/mol. The summed E-state index contributed by atoms with van der Waals surface area (Å²) in [6.45, 7) is 0. The highest BCUT2D eigenvalue weighted by Gasteiger charge is 2.19. The number of rotatable bonds is 6. The third-order valence-electron chi connectivity index (χ3n) is 10.7. The molecule has 4 nitrogen and oxygen atoms in total. The molecule has 0 N–H and O–H groups in total. The Morgan fingerprint density at radius 2 is 1.02 bits per heavy atom. The normalized spacial score (nSPS) is 11.6. The Morgan fingerprint density at radius 1 is 0.364 bits per heavy atom. The van der Waals surface area contributed by atoms with Crippen molar-refractivity contribution >= 4 is 71.6 Å². The summed E-state index contributed by atoms with van der Waals surface area (Å²) in [6.07, 6.45) is 0. The van der Waals surface area contributed by atoms with Crippen molar-refractivity contribution in [3.05, 3.63) is 194 Å². The number of aromatic nitrogens is 1. The molecule has 0 fully saturated rings. The Kier molecular flexibility index (Phi) is 7.14. The molecule has 0 aliphatic carbocycles. The first-order valence-corrected chi connectivity index (χ1v) is 18.5. The van der Waals surface area contributed by atoms with Crippen LogP contribution in [-0.4, -0.2) is 4.98 Å².